The van der Waals surface area contributed by atoms with E-state index in [9.17, 15) is 30.0 Å². The Labute approximate surface area is 142 Å². The molecule has 0 bridgehead atoms. The Morgan fingerprint density at radius 1 is 1.00 bits per heavy atom. The highest BCUT2D eigenvalue weighted by Crippen LogP contribution is 2.29. The summed E-state index contributed by atoms with van der Waals surface area (Å²) >= 11 is 0. The van der Waals surface area contributed by atoms with Crippen molar-refractivity contribution in [2.24, 2.45) is 0 Å². The minimum atomic E-state index is -1.64. The Bertz CT molecular complexity index is 497. The maximum atomic E-state index is 11.3. The van der Waals surface area contributed by atoms with Gasteiger partial charge in [0.15, 0.2) is 18.5 Å². The molecule has 0 aromatic rings. The van der Waals surface area contributed by atoms with Gasteiger partial charge in [-0.15, -0.1) is 0 Å². The summed E-state index contributed by atoms with van der Waals surface area (Å²) in [7, 11) is 1.26. The Hall–Kier alpha value is -1.34. The molecular weight excluding hydrogens is 344 g/mol. The minimum Gasteiger partial charge on any atom is -0.479 e. The third-order valence-corrected chi connectivity index (χ3v) is 4.31. The molecule has 2 heterocycles. The van der Waals surface area contributed by atoms with Crippen LogP contribution < -0.4 is 0 Å². The van der Waals surface area contributed by atoms with E-state index in [1.54, 1.807) is 0 Å². The van der Waals surface area contributed by atoms with E-state index in [0.717, 1.165) is 0 Å². The van der Waals surface area contributed by atoms with Crippen molar-refractivity contribution in [3.63, 3.8) is 0 Å². The molecule has 0 aliphatic carbocycles. The Kier molecular flexibility index (Phi) is 6.32. The molecule has 0 saturated carbocycles. The topological polar surface area (TPSA) is 172 Å². The van der Waals surface area contributed by atoms with Gasteiger partial charge < -0.3 is 44.5 Å². The zero-order valence-electron chi connectivity index (χ0n) is 13.6. The summed E-state index contributed by atoms with van der Waals surface area (Å²) in [5.41, 5.74) is 0. The number of hydrogen-bond acceptors (Lipinski definition) is 9. The molecule has 0 radical (unpaired) electrons. The molecule has 2 aliphatic rings. The average Bonchev–Trinajstić information content (AvgIpc) is 2.55. The number of ether oxygens (including phenoxy) is 4. The molecule has 144 valence electrons. The predicted octanol–water partition coefficient (Wildman–Crippen LogP) is -2.46. The van der Waals surface area contributed by atoms with Gasteiger partial charge in [0, 0.05) is 13.5 Å². The Morgan fingerprint density at radius 2 is 1.60 bits per heavy atom. The molecule has 9 atom stereocenters. The van der Waals surface area contributed by atoms with E-state index in [4.69, 9.17) is 24.1 Å². The van der Waals surface area contributed by atoms with Crippen molar-refractivity contribution in [2.75, 3.05) is 7.11 Å². The quantitative estimate of drug-likeness (QED) is 0.349. The molecule has 5 N–H and O–H groups in total. The molecule has 2 rings (SSSR count). The first kappa shape index (κ1) is 20.0. The smallest absolute Gasteiger partial charge is 0.335 e. The number of hydrogen-bond donors (Lipinski definition) is 5. The van der Waals surface area contributed by atoms with Gasteiger partial charge in [-0.1, -0.05) is 0 Å². The first-order valence-electron chi connectivity index (χ1n) is 7.66. The van der Waals surface area contributed by atoms with Crippen LogP contribution in [0.1, 0.15) is 13.3 Å². The molecule has 25 heavy (non-hydrogen) atoms. The second-order valence-electron chi connectivity index (χ2n) is 6.02. The van der Waals surface area contributed by atoms with E-state index in [0.29, 0.717) is 0 Å². The summed E-state index contributed by atoms with van der Waals surface area (Å²) in [6.07, 6.45) is -12.6. The van der Waals surface area contributed by atoms with E-state index in [1.165, 1.54) is 14.0 Å². The summed E-state index contributed by atoms with van der Waals surface area (Å²) < 4.78 is 20.6. The van der Waals surface area contributed by atoms with Crippen LogP contribution in [0.3, 0.4) is 0 Å². The first-order valence-corrected chi connectivity index (χ1v) is 7.66. The van der Waals surface area contributed by atoms with Crippen LogP contribution in [-0.4, -0.2) is 99.7 Å². The first-order chi connectivity index (χ1) is 11.7. The summed E-state index contributed by atoms with van der Waals surface area (Å²) in [6.45, 7) is 1.38. The number of aliphatic hydroxyl groups is 3. The fourth-order valence-corrected chi connectivity index (χ4v) is 2.90. The van der Waals surface area contributed by atoms with E-state index < -0.39 is 67.1 Å². The highest BCUT2D eigenvalue weighted by Gasteiger charge is 2.50. The molecular formula is C14H22O11. The SMILES string of the molecule is CO[C@H]1CC(O)[C@H](O[C@@H]2C(C(=O)O)O[C@@H](C)C(O)[C@H]2O)OC1C(=O)O. The number of methoxy groups -OCH3 is 1. The third kappa shape index (κ3) is 4.08. The fourth-order valence-electron chi connectivity index (χ4n) is 2.90. The van der Waals surface area contributed by atoms with Crippen LogP contribution in [-0.2, 0) is 28.5 Å². The molecule has 2 aliphatic heterocycles. The molecule has 0 aromatic heterocycles. The molecule has 0 amide bonds. The number of aliphatic carboxylic acids is 2. The Balaban J connectivity index is 2.17. The second kappa shape index (κ2) is 7.91. The number of aliphatic hydroxyl groups excluding tert-OH is 3. The largest absolute Gasteiger partial charge is 0.479 e. The van der Waals surface area contributed by atoms with Crippen LogP contribution >= 0.6 is 0 Å². The Morgan fingerprint density at radius 3 is 2.12 bits per heavy atom. The second-order valence-corrected chi connectivity index (χ2v) is 6.02. The van der Waals surface area contributed by atoms with E-state index in [-0.39, 0.29) is 6.42 Å². The van der Waals surface area contributed by atoms with Crippen molar-refractivity contribution in [3.05, 3.63) is 0 Å². The lowest BCUT2D eigenvalue weighted by Crippen LogP contribution is -2.62. The van der Waals surface area contributed by atoms with Crippen LogP contribution in [0.2, 0.25) is 0 Å². The van der Waals surface area contributed by atoms with Crippen molar-refractivity contribution in [3.8, 4) is 0 Å². The van der Waals surface area contributed by atoms with Gasteiger partial charge in [-0.25, -0.2) is 9.59 Å². The summed E-state index contributed by atoms with van der Waals surface area (Å²) in [6, 6.07) is 0. The van der Waals surface area contributed by atoms with Crippen LogP contribution in [0.4, 0.5) is 0 Å². The summed E-state index contributed by atoms with van der Waals surface area (Å²) in [4.78, 5) is 22.6. The van der Waals surface area contributed by atoms with Gasteiger partial charge in [0.2, 0.25) is 0 Å². The molecule has 11 nitrogen and oxygen atoms in total. The lowest BCUT2D eigenvalue weighted by molar-refractivity contribution is -0.317. The minimum absolute atomic E-state index is 0.140. The van der Waals surface area contributed by atoms with Crippen molar-refractivity contribution in [1.29, 1.82) is 0 Å². The zero-order valence-corrected chi connectivity index (χ0v) is 13.6. The lowest BCUT2D eigenvalue weighted by atomic mass is 9.95. The van der Waals surface area contributed by atoms with Crippen LogP contribution in [0.25, 0.3) is 0 Å². The molecule has 0 aromatic carbocycles. The van der Waals surface area contributed by atoms with Crippen molar-refractivity contribution < 1.29 is 54.1 Å². The predicted molar refractivity (Wildman–Crippen MR) is 76.6 cm³/mol. The maximum absolute atomic E-state index is 11.3. The van der Waals surface area contributed by atoms with Crippen LogP contribution in [0.5, 0.6) is 0 Å². The van der Waals surface area contributed by atoms with E-state index in [1.807, 2.05) is 0 Å². The van der Waals surface area contributed by atoms with Crippen molar-refractivity contribution in [2.45, 2.75) is 68.5 Å². The molecule has 2 saturated heterocycles. The van der Waals surface area contributed by atoms with E-state index in [2.05, 4.69) is 0 Å². The fraction of sp³-hybridized carbons (Fsp3) is 0.857. The van der Waals surface area contributed by atoms with Gasteiger partial charge in [0.25, 0.3) is 0 Å². The number of carbonyl (C=O) groups is 2. The van der Waals surface area contributed by atoms with Gasteiger partial charge in [-0.3, -0.25) is 0 Å². The average molecular weight is 366 g/mol. The number of rotatable bonds is 5. The van der Waals surface area contributed by atoms with Crippen molar-refractivity contribution in [1.82, 2.24) is 0 Å². The number of carboxylic acid groups (broad SMARTS) is 2. The zero-order chi connectivity index (χ0) is 18.9. The van der Waals surface area contributed by atoms with Gasteiger partial charge in [-0.2, -0.15) is 0 Å². The van der Waals surface area contributed by atoms with Gasteiger partial charge >= 0.3 is 11.9 Å². The molecule has 0 spiro atoms. The summed E-state index contributed by atoms with van der Waals surface area (Å²) in [5, 5.41) is 48.5. The summed E-state index contributed by atoms with van der Waals surface area (Å²) in [5.74, 6) is -2.80. The van der Waals surface area contributed by atoms with Gasteiger partial charge in [0.1, 0.15) is 24.4 Å². The normalized spacial score (nSPS) is 45.1. The molecule has 4 unspecified atom stereocenters. The molecule has 11 heteroatoms. The number of carboxylic acids is 2. The third-order valence-electron chi connectivity index (χ3n) is 4.31. The van der Waals surface area contributed by atoms with Gasteiger partial charge in [0.05, 0.1) is 12.2 Å². The van der Waals surface area contributed by atoms with Gasteiger partial charge in [-0.05, 0) is 6.92 Å². The maximum Gasteiger partial charge on any atom is 0.335 e. The molecule has 2 fully saturated rings. The standard InChI is InChI=1S/C14H22O11/c1-4-7(16)8(17)10(11(23-4)13(20)21)25-14-5(15)3-6(22-2)9(24-14)12(18)19/h4-11,14-17H,3H2,1-2H3,(H,18,19)(H,20,21)/t4-,5?,6-,7?,8+,9?,10-,11?,14-/m0/s1. The van der Waals surface area contributed by atoms with E-state index >= 15 is 0 Å². The monoisotopic (exact) mass is 366 g/mol. The lowest BCUT2D eigenvalue weighted by Gasteiger charge is -2.43. The van der Waals surface area contributed by atoms with Crippen LogP contribution in [0.15, 0.2) is 0 Å². The van der Waals surface area contributed by atoms with Crippen LogP contribution in [0, 0.1) is 0 Å². The highest BCUT2D eigenvalue weighted by atomic mass is 16.7. The van der Waals surface area contributed by atoms with Crippen molar-refractivity contribution >= 4 is 11.9 Å². The highest BCUT2D eigenvalue weighted by molar-refractivity contribution is 5.74.